The van der Waals surface area contributed by atoms with Gasteiger partial charge < -0.3 is 11.1 Å². The summed E-state index contributed by atoms with van der Waals surface area (Å²) in [4.78, 5) is 15.8. The van der Waals surface area contributed by atoms with Crippen LogP contribution in [0.4, 0.5) is 0 Å². The number of aromatic nitrogens is 1. The monoisotopic (exact) mass is 277 g/mol. The fourth-order valence-corrected chi connectivity index (χ4v) is 2.31. The lowest BCUT2D eigenvalue weighted by atomic mass is 9.76. The molecular weight excluding hydrogens is 250 g/mol. The second-order valence-corrected chi connectivity index (χ2v) is 6.31. The van der Waals surface area contributed by atoms with Gasteiger partial charge in [-0.25, -0.2) is 0 Å². The van der Waals surface area contributed by atoms with Crippen molar-refractivity contribution in [2.24, 2.45) is 17.1 Å². The molecule has 0 fully saturated rings. The largest absolute Gasteiger partial charge is 0.352 e. The van der Waals surface area contributed by atoms with E-state index in [1.54, 1.807) is 12.4 Å². The van der Waals surface area contributed by atoms with Gasteiger partial charge in [0.2, 0.25) is 5.91 Å². The fraction of sp³-hybridized carbons (Fsp3) is 0.625. The summed E-state index contributed by atoms with van der Waals surface area (Å²) in [5.74, 6) is 0.590. The van der Waals surface area contributed by atoms with Crippen LogP contribution in [0.3, 0.4) is 0 Å². The molecule has 0 aliphatic rings. The Bertz CT molecular complexity index is 398. The van der Waals surface area contributed by atoms with E-state index in [-0.39, 0.29) is 11.3 Å². The van der Waals surface area contributed by atoms with Gasteiger partial charge in [0.25, 0.3) is 0 Å². The van der Waals surface area contributed by atoms with Crippen molar-refractivity contribution in [3.8, 4) is 0 Å². The maximum Gasteiger partial charge on any atom is 0.220 e. The Kier molecular flexibility index (Phi) is 6.65. The standard InChI is InChI=1S/C16H27N3O/c1-16(2,3)14(6-9-17)4-5-15(20)19-12-13-7-10-18-11-8-13/h7-8,10-11,14H,4-6,9,12,17H2,1-3H3,(H,19,20). The summed E-state index contributed by atoms with van der Waals surface area (Å²) >= 11 is 0. The highest BCUT2D eigenvalue weighted by atomic mass is 16.1. The second kappa shape index (κ2) is 8.00. The first-order chi connectivity index (χ1) is 9.43. The molecule has 1 unspecified atom stereocenters. The predicted octanol–water partition coefficient (Wildman–Crippen LogP) is 2.49. The number of carbonyl (C=O) groups excluding carboxylic acids is 1. The Balaban J connectivity index is 2.35. The Morgan fingerprint density at radius 1 is 1.30 bits per heavy atom. The minimum absolute atomic E-state index is 0.105. The molecule has 0 saturated carbocycles. The minimum Gasteiger partial charge on any atom is -0.352 e. The fourth-order valence-electron chi connectivity index (χ4n) is 2.31. The molecule has 0 bridgehead atoms. The van der Waals surface area contributed by atoms with Gasteiger partial charge in [0.05, 0.1) is 0 Å². The van der Waals surface area contributed by atoms with E-state index in [0.29, 0.717) is 25.4 Å². The molecule has 1 amide bonds. The van der Waals surface area contributed by atoms with Gasteiger partial charge in [-0.05, 0) is 48.4 Å². The van der Waals surface area contributed by atoms with E-state index in [2.05, 4.69) is 31.1 Å². The van der Waals surface area contributed by atoms with E-state index in [1.807, 2.05) is 12.1 Å². The SMILES string of the molecule is CC(C)(C)C(CCN)CCC(=O)NCc1ccncc1. The third-order valence-electron chi connectivity index (χ3n) is 3.70. The zero-order valence-corrected chi connectivity index (χ0v) is 12.9. The van der Waals surface area contributed by atoms with Gasteiger partial charge in [-0.2, -0.15) is 0 Å². The van der Waals surface area contributed by atoms with Crippen molar-refractivity contribution in [1.82, 2.24) is 10.3 Å². The number of hydrogen-bond donors (Lipinski definition) is 2. The van der Waals surface area contributed by atoms with E-state index >= 15 is 0 Å². The van der Waals surface area contributed by atoms with Gasteiger partial charge in [0, 0.05) is 25.4 Å². The van der Waals surface area contributed by atoms with Gasteiger partial charge in [0.1, 0.15) is 0 Å². The van der Waals surface area contributed by atoms with Crippen molar-refractivity contribution in [3.63, 3.8) is 0 Å². The number of nitrogens with zero attached hydrogens (tertiary/aromatic N) is 1. The zero-order chi connectivity index (χ0) is 15.0. The van der Waals surface area contributed by atoms with Crippen LogP contribution in [0, 0.1) is 11.3 Å². The molecule has 112 valence electrons. The van der Waals surface area contributed by atoms with Crippen LogP contribution < -0.4 is 11.1 Å². The first kappa shape index (κ1) is 16.6. The summed E-state index contributed by atoms with van der Waals surface area (Å²) < 4.78 is 0. The molecule has 1 aromatic heterocycles. The number of hydrogen-bond acceptors (Lipinski definition) is 3. The van der Waals surface area contributed by atoms with Crippen LogP contribution in [0.1, 0.15) is 45.6 Å². The highest BCUT2D eigenvalue weighted by molar-refractivity contribution is 5.75. The van der Waals surface area contributed by atoms with E-state index in [1.165, 1.54) is 0 Å². The number of nitrogens with two attached hydrogens (primary N) is 1. The van der Waals surface area contributed by atoms with Gasteiger partial charge in [-0.15, -0.1) is 0 Å². The maximum absolute atomic E-state index is 11.9. The lowest BCUT2D eigenvalue weighted by Gasteiger charge is -2.30. The summed E-state index contributed by atoms with van der Waals surface area (Å²) in [6.07, 6.45) is 5.90. The van der Waals surface area contributed by atoms with Crippen molar-refractivity contribution in [1.29, 1.82) is 0 Å². The number of nitrogens with one attached hydrogen (secondary N) is 1. The molecule has 3 N–H and O–H groups in total. The van der Waals surface area contributed by atoms with Crippen LogP contribution in [0.5, 0.6) is 0 Å². The molecule has 4 heteroatoms. The Labute approximate surface area is 122 Å². The molecule has 0 aromatic carbocycles. The molecule has 1 aromatic rings. The lowest BCUT2D eigenvalue weighted by molar-refractivity contribution is -0.121. The molecule has 0 aliphatic heterocycles. The van der Waals surface area contributed by atoms with E-state index in [9.17, 15) is 4.79 Å². The summed E-state index contributed by atoms with van der Waals surface area (Å²) in [5, 5.41) is 2.95. The number of pyridine rings is 1. The molecule has 1 heterocycles. The van der Waals surface area contributed by atoms with Crippen molar-refractivity contribution >= 4 is 5.91 Å². The Morgan fingerprint density at radius 3 is 2.50 bits per heavy atom. The molecule has 0 spiro atoms. The van der Waals surface area contributed by atoms with Crippen LogP contribution in [0.15, 0.2) is 24.5 Å². The first-order valence-electron chi connectivity index (χ1n) is 7.29. The third kappa shape index (κ3) is 6.15. The van der Waals surface area contributed by atoms with E-state index < -0.39 is 0 Å². The maximum atomic E-state index is 11.9. The highest BCUT2D eigenvalue weighted by Gasteiger charge is 2.24. The van der Waals surface area contributed by atoms with Crippen molar-refractivity contribution < 1.29 is 4.79 Å². The summed E-state index contributed by atoms with van der Waals surface area (Å²) in [6.45, 7) is 7.88. The lowest BCUT2D eigenvalue weighted by Crippen LogP contribution is -2.27. The van der Waals surface area contributed by atoms with E-state index in [0.717, 1.165) is 18.4 Å². The molecular formula is C16H27N3O. The Hall–Kier alpha value is -1.42. The first-order valence-corrected chi connectivity index (χ1v) is 7.29. The molecule has 20 heavy (non-hydrogen) atoms. The topological polar surface area (TPSA) is 68.0 Å². The Morgan fingerprint density at radius 2 is 1.95 bits per heavy atom. The number of carbonyl (C=O) groups is 1. The quantitative estimate of drug-likeness (QED) is 0.804. The predicted molar refractivity (Wildman–Crippen MR) is 81.9 cm³/mol. The van der Waals surface area contributed by atoms with Gasteiger partial charge >= 0.3 is 0 Å². The molecule has 4 nitrogen and oxygen atoms in total. The average molecular weight is 277 g/mol. The third-order valence-corrected chi connectivity index (χ3v) is 3.70. The highest BCUT2D eigenvalue weighted by Crippen LogP contribution is 2.31. The minimum atomic E-state index is 0.105. The molecule has 0 radical (unpaired) electrons. The van der Waals surface area contributed by atoms with E-state index in [4.69, 9.17) is 5.73 Å². The second-order valence-electron chi connectivity index (χ2n) is 6.31. The molecule has 0 aliphatic carbocycles. The van der Waals surface area contributed by atoms with Gasteiger partial charge in [-0.1, -0.05) is 20.8 Å². The average Bonchev–Trinajstić information content (AvgIpc) is 2.41. The van der Waals surface area contributed by atoms with Crippen molar-refractivity contribution in [2.45, 2.75) is 46.6 Å². The summed E-state index contributed by atoms with van der Waals surface area (Å²) in [6, 6.07) is 3.82. The normalized spacial score (nSPS) is 13.0. The van der Waals surface area contributed by atoms with Gasteiger partial charge in [0.15, 0.2) is 0 Å². The van der Waals surface area contributed by atoms with Crippen molar-refractivity contribution in [2.75, 3.05) is 6.54 Å². The van der Waals surface area contributed by atoms with Crippen LogP contribution >= 0.6 is 0 Å². The molecule has 0 saturated heterocycles. The smallest absolute Gasteiger partial charge is 0.220 e. The molecule has 1 rings (SSSR count). The van der Waals surface area contributed by atoms with Crippen LogP contribution in [-0.2, 0) is 11.3 Å². The van der Waals surface area contributed by atoms with Crippen LogP contribution in [-0.4, -0.2) is 17.4 Å². The summed E-state index contributed by atoms with van der Waals surface area (Å²) in [5.41, 5.74) is 6.93. The number of amides is 1. The van der Waals surface area contributed by atoms with Crippen LogP contribution in [0.25, 0.3) is 0 Å². The summed E-state index contributed by atoms with van der Waals surface area (Å²) in [7, 11) is 0. The van der Waals surface area contributed by atoms with Crippen molar-refractivity contribution in [3.05, 3.63) is 30.1 Å². The van der Waals surface area contributed by atoms with Gasteiger partial charge in [-0.3, -0.25) is 9.78 Å². The molecule has 1 atom stereocenters. The zero-order valence-electron chi connectivity index (χ0n) is 12.9. The number of rotatable bonds is 7. The van der Waals surface area contributed by atoms with Crippen LogP contribution in [0.2, 0.25) is 0 Å².